The number of nitrogen functional groups attached to an aromatic ring is 1. The highest BCUT2D eigenvalue weighted by atomic mass is 79.9. The number of carbonyl (C=O) groups is 1. The molecular formula is C13H15BrN2O4S. The Hall–Kier alpha value is -1.19. The zero-order valence-corrected chi connectivity index (χ0v) is 13.4. The molecule has 1 amide bonds. The Balaban J connectivity index is 2.37. The number of carbonyl (C=O) groups excluding carboxylic acids is 1. The standard InChI is InChI=1S/C13H15BrN2O4S/c14-7-1-2-8-9(3-7)21-11(10(8)15)12(20)16-13(4-17,5-18)6-19/h1-3,17-19H,4-6,15H2,(H,16,20). The van der Waals surface area contributed by atoms with E-state index in [0.29, 0.717) is 5.69 Å². The number of nitrogens with one attached hydrogen (secondary N) is 1. The molecule has 0 fully saturated rings. The summed E-state index contributed by atoms with van der Waals surface area (Å²) in [6, 6.07) is 5.48. The number of aliphatic hydroxyl groups excluding tert-OH is 3. The van der Waals surface area contributed by atoms with Crippen LogP contribution in [0.4, 0.5) is 5.69 Å². The quantitative estimate of drug-likeness (QED) is 0.528. The van der Waals surface area contributed by atoms with Gasteiger partial charge in [-0.1, -0.05) is 22.0 Å². The van der Waals surface area contributed by atoms with Gasteiger partial charge in [0.05, 0.1) is 25.5 Å². The summed E-state index contributed by atoms with van der Waals surface area (Å²) in [7, 11) is 0. The second-order valence-electron chi connectivity index (χ2n) is 4.69. The predicted octanol–water partition coefficient (Wildman–Crippen LogP) is 0.691. The molecule has 0 saturated carbocycles. The zero-order valence-electron chi connectivity index (χ0n) is 11.0. The van der Waals surface area contributed by atoms with E-state index in [1.807, 2.05) is 12.1 Å². The number of nitrogens with two attached hydrogens (primary N) is 1. The van der Waals surface area contributed by atoms with Crippen LogP contribution >= 0.6 is 27.3 Å². The molecule has 2 aromatic rings. The minimum Gasteiger partial charge on any atom is -0.397 e. The fourth-order valence-corrected chi connectivity index (χ4v) is 3.40. The van der Waals surface area contributed by atoms with Gasteiger partial charge in [0.25, 0.3) is 5.91 Å². The molecule has 2 rings (SSSR count). The third-order valence-electron chi connectivity index (χ3n) is 3.18. The molecule has 0 atom stereocenters. The first-order chi connectivity index (χ1) is 9.96. The van der Waals surface area contributed by atoms with Crippen molar-refractivity contribution in [3.63, 3.8) is 0 Å². The first-order valence-electron chi connectivity index (χ1n) is 6.09. The van der Waals surface area contributed by atoms with E-state index in [9.17, 15) is 20.1 Å². The highest BCUT2D eigenvalue weighted by Crippen LogP contribution is 2.35. The van der Waals surface area contributed by atoms with Crippen LogP contribution in [-0.4, -0.2) is 46.6 Å². The Morgan fingerprint density at radius 1 is 1.29 bits per heavy atom. The number of aliphatic hydroxyl groups is 3. The topological polar surface area (TPSA) is 116 Å². The van der Waals surface area contributed by atoms with Crippen molar-refractivity contribution < 1.29 is 20.1 Å². The van der Waals surface area contributed by atoms with Gasteiger partial charge in [0, 0.05) is 14.6 Å². The number of hydrogen-bond donors (Lipinski definition) is 5. The molecule has 8 heteroatoms. The van der Waals surface area contributed by atoms with Gasteiger partial charge in [-0.25, -0.2) is 0 Å². The van der Waals surface area contributed by atoms with Gasteiger partial charge < -0.3 is 26.4 Å². The van der Waals surface area contributed by atoms with E-state index in [0.717, 1.165) is 14.6 Å². The Kier molecular flexibility index (Phi) is 4.84. The lowest BCUT2D eigenvalue weighted by molar-refractivity contribution is 0.0377. The van der Waals surface area contributed by atoms with Gasteiger partial charge in [0.1, 0.15) is 10.4 Å². The number of halogens is 1. The minimum absolute atomic E-state index is 0.280. The summed E-state index contributed by atoms with van der Waals surface area (Å²) in [5.74, 6) is -0.540. The van der Waals surface area contributed by atoms with Gasteiger partial charge in [0.15, 0.2) is 0 Å². The molecule has 1 heterocycles. The highest BCUT2D eigenvalue weighted by Gasteiger charge is 2.31. The molecule has 21 heavy (non-hydrogen) atoms. The van der Waals surface area contributed by atoms with Gasteiger partial charge >= 0.3 is 0 Å². The van der Waals surface area contributed by atoms with Crippen LogP contribution < -0.4 is 11.1 Å². The van der Waals surface area contributed by atoms with Gasteiger partial charge in [0.2, 0.25) is 0 Å². The lowest BCUT2D eigenvalue weighted by atomic mass is 10.0. The van der Waals surface area contributed by atoms with E-state index >= 15 is 0 Å². The monoisotopic (exact) mass is 374 g/mol. The van der Waals surface area contributed by atoms with Crippen molar-refractivity contribution in [2.75, 3.05) is 25.6 Å². The first kappa shape index (κ1) is 16.2. The van der Waals surface area contributed by atoms with Crippen LogP contribution in [-0.2, 0) is 0 Å². The maximum absolute atomic E-state index is 12.3. The fraction of sp³-hybridized carbons (Fsp3) is 0.308. The second kappa shape index (κ2) is 6.29. The van der Waals surface area contributed by atoms with Crippen LogP contribution in [0.15, 0.2) is 22.7 Å². The van der Waals surface area contributed by atoms with Gasteiger partial charge in [-0.05, 0) is 12.1 Å². The van der Waals surface area contributed by atoms with E-state index in [2.05, 4.69) is 21.2 Å². The lowest BCUT2D eigenvalue weighted by Gasteiger charge is -2.28. The Morgan fingerprint density at radius 3 is 2.48 bits per heavy atom. The van der Waals surface area contributed by atoms with Crippen molar-refractivity contribution in [2.24, 2.45) is 0 Å². The lowest BCUT2D eigenvalue weighted by Crippen LogP contribution is -2.56. The minimum atomic E-state index is -1.47. The molecule has 0 aliphatic rings. The number of fused-ring (bicyclic) bond motifs is 1. The Morgan fingerprint density at radius 2 is 1.90 bits per heavy atom. The summed E-state index contributed by atoms with van der Waals surface area (Å²) in [5.41, 5.74) is 4.84. The molecule has 1 aromatic heterocycles. The normalized spacial score (nSPS) is 11.8. The number of thiophene rings is 1. The van der Waals surface area contributed by atoms with Crippen molar-refractivity contribution in [1.82, 2.24) is 5.32 Å². The van der Waals surface area contributed by atoms with Crippen molar-refractivity contribution in [3.8, 4) is 0 Å². The molecule has 0 saturated heterocycles. The van der Waals surface area contributed by atoms with Gasteiger partial charge in [-0.15, -0.1) is 11.3 Å². The average molecular weight is 375 g/mol. The Bertz CT molecular complexity index is 661. The fourth-order valence-electron chi connectivity index (χ4n) is 1.83. The number of amides is 1. The summed E-state index contributed by atoms with van der Waals surface area (Å²) in [4.78, 5) is 12.6. The van der Waals surface area contributed by atoms with Crippen molar-refractivity contribution in [2.45, 2.75) is 5.54 Å². The second-order valence-corrected chi connectivity index (χ2v) is 6.66. The SMILES string of the molecule is Nc1c(C(=O)NC(CO)(CO)CO)sc2cc(Br)ccc12. The van der Waals surface area contributed by atoms with E-state index < -0.39 is 31.3 Å². The maximum atomic E-state index is 12.3. The van der Waals surface area contributed by atoms with E-state index in [1.54, 1.807) is 6.07 Å². The third-order valence-corrected chi connectivity index (χ3v) is 4.84. The molecule has 0 aliphatic heterocycles. The van der Waals surface area contributed by atoms with Gasteiger partial charge in [-0.2, -0.15) is 0 Å². The highest BCUT2D eigenvalue weighted by molar-refractivity contribution is 9.10. The van der Waals surface area contributed by atoms with Gasteiger partial charge in [-0.3, -0.25) is 4.79 Å². The molecule has 0 spiro atoms. The molecular weight excluding hydrogens is 360 g/mol. The van der Waals surface area contributed by atoms with E-state index in [4.69, 9.17) is 5.73 Å². The maximum Gasteiger partial charge on any atom is 0.264 e. The molecule has 114 valence electrons. The summed E-state index contributed by atoms with van der Waals surface area (Å²) in [6.45, 7) is -1.74. The van der Waals surface area contributed by atoms with Crippen molar-refractivity contribution >= 4 is 48.9 Å². The van der Waals surface area contributed by atoms with Crippen LogP contribution in [0.5, 0.6) is 0 Å². The van der Waals surface area contributed by atoms with E-state index in [-0.39, 0.29) is 4.88 Å². The average Bonchev–Trinajstić information content (AvgIpc) is 2.81. The largest absolute Gasteiger partial charge is 0.397 e. The van der Waals surface area contributed by atoms with E-state index in [1.165, 1.54) is 11.3 Å². The van der Waals surface area contributed by atoms with Crippen LogP contribution in [0, 0.1) is 0 Å². The van der Waals surface area contributed by atoms with Crippen LogP contribution in [0.1, 0.15) is 9.67 Å². The summed E-state index contributed by atoms with van der Waals surface area (Å²) >= 11 is 4.56. The first-order valence-corrected chi connectivity index (χ1v) is 7.70. The van der Waals surface area contributed by atoms with Crippen LogP contribution in [0.3, 0.4) is 0 Å². The summed E-state index contributed by atoms with van der Waals surface area (Å²) < 4.78 is 1.72. The van der Waals surface area contributed by atoms with Crippen LogP contribution in [0.2, 0.25) is 0 Å². The molecule has 6 nitrogen and oxygen atoms in total. The molecule has 0 aliphatic carbocycles. The smallest absolute Gasteiger partial charge is 0.264 e. The predicted molar refractivity (Wildman–Crippen MR) is 85.4 cm³/mol. The van der Waals surface area contributed by atoms with Crippen molar-refractivity contribution in [3.05, 3.63) is 27.5 Å². The molecule has 0 radical (unpaired) electrons. The summed E-state index contributed by atoms with van der Waals surface area (Å²) in [6.07, 6.45) is 0. The number of hydrogen-bond acceptors (Lipinski definition) is 6. The molecule has 1 aromatic carbocycles. The summed E-state index contributed by atoms with van der Waals surface area (Å²) in [5, 5.41) is 30.9. The number of anilines is 1. The molecule has 0 unspecified atom stereocenters. The van der Waals surface area contributed by atoms with Crippen molar-refractivity contribution in [1.29, 1.82) is 0 Å². The Labute approximate surface area is 133 Å². The number of benzene rings is 1. The van der Waals surface area contributed by atoms with Crippen LogP contribution in [0.25, 0.3) is 10.1 Å². The molecule has 0 bridgehead atoms. The number of rotatable bonds is 5. The molecule has 6 N–H and O–H groups in total. The zero-order chi connectivity index (χ0) is 15.6. The third kappa shape index (κ3) is 3.04.